The number of carbonyl (C=O) groups excluding carboxylic acids is 1. The molecule has 0 unspecified atom stereocenters. The molecular formula is C18H14ClN3O2S. The molecule has 4 N–H and O–H groups in total. The molecule has 1 amide bonds. The molecule has 0 fully saturated rings. The molecule has 0 radical (unpaired) electrons. The summed E-state index contributed by atoms with van der Waals surface area (Å²) in [5.41, 5.74) is 10.5. The lowest BCUT2D eigenvalue weighted by atomic mass is 10.2. The standard InChI is InChI=1S/C18H14ClN3O2S/c19-13-5-3-12(4-6-13)16-9-15(20)17(25-16)18(24)22-21-10-11-1-7-14(23)8-2-11/h1-10,23H,20H2,(H,22,24)/b21-10+. The first-order valence-electron chi connectivity index (χ1n) is 7.30. The van der Waals surface area contributed by atoms with Crippen molar-refractivity contribution in [3.8, 4) is 16.2 Å². The van der Waals surface area contributed by atoms with Crippen LogP contribution in [0.2, 0.25) is 5.02 Å². The number of hydrogen-bond acceptors (Lipinski definition) is 5. The Morgan fingerprint density at radius 3 is 2.52 bits per heavy atom. The average molecular weight is 372 g/mol. The second-order valence-corrected chi connectivity index (χ2v) is 6.68. The van der Waals surface area contributed by atoms with E-state index in [9.17, 15) is 9.90 Å². The van der Waals surface area contributed by atoms with Gasteiger partial charge in [0.1, 0.15) is 10.6 Å². The molecule has 0 aliphatic heterocycles. The van der Waals surface area contributed by atoms with Gasteiger partial charge in [-0.1, -0.05) is 23.7 Å². The Hall–Kier alpha value is -2.83. The summed E-state index contributed by atoms with van der Waals surface area (Å²) >= 11 is 7.17. The van der Waals surface area contributed by atoms with Crippen molar-refractivity contribution in [2.45, 2.75) is 0 Å². The predicted octanol–water partition coefficient (Wildman–Crippen LogP) is 4.12. The van der Waals surface area contributed by atoms with E-state index in [2.05, 4.69) is 10.5 Å². The van der Waals surface area contributed by atoms with Crippen LogP contribution in [0.4, 0.5) is 5.69 Å². The van der Waals surface area contributed by atoms with Gasteiger partial charge in [0, 0.05) is 9.90 Å². The zero-order valence-corrected chi connectivity index (χ0v) is 14.5. The lowest BCUT2D eigenvalue weighted by molar-refractivity contribution is 0.0960. The Morgan fingerprint density at radius 1 is 1.16 bits per heavy atom. The van der Waals surface area contributed by atoms with Crippen LogP contribution in [-0.2, 0) is 0 Å². The zero-order chi connectivity index (χ0) is 17.8. The van der Waals surface area contributed by atoms with Crippen molar-refractivity contribution >= 4 is 40.7 Å². The van der Waals surface area contributed by atoms with Crippen LogP contribution < -0.4 is 11.2 Å². The van der Waals surface area contributed by atoms with E-state index in [-0.39, 0.29) is 11.7 Å². The molecule has 0 aliphatic rings. The largest absolute Gasteiger partial charge is 0.508 e. The maximum atomic E-state index is 12.3. The molecule has 25 heavy (non-hydrogen) atoms. The highest BCUT2D eigenvalue weighted by Crippen LogP contribution is 2.33. The summed E-state index contributed by atoms with van der Waals surface area (Å²) in [5, 5.41) is 13.8. The van der Waals surface area contributed by atoms with Crippen molar-refractivity contribution < 1.29 is 9.90 Å². The van der Waals surface area contributed by atoms with Crippen LogP contribution in [0.5, 0.6) is 5.75 Å². The van der Waals surface area contributed by atoms with Gasteiger partial charge >= 0.3 is 0 Å². The Balaban J connectivity index is 1.72. The lowest BCUT2D eigenvalue weighted by Gasteiger charge is -1.98. The van der Waals surface area contributed by atoms with Crippen molar-refractivity contribution in [1.29, 1.82) is 0 Å². The third kappa shape index (κ3) is 4.17. The summed E-state index contributed by atoms with van der Waals surface area (Å²) in [4.78, 5) is 13.5. The van der Waals surface area contributed by atoms with Gasteiger partial charge in [-0.3, -0.25) is 4.79 Å². The summed E-state index contributed by atoms with van der Waals surface area (Å²) in [6.45, 7) is 0. The van der Waals surface area contributed by atoms with E-state index in [4.69, 9.17) is 17.3 Å². The summed E-state index contributed by atoms with van der Waals surface area (Å²) in [6, 6.07) is 15.5. The Labute approximate surface area is 153 Å². The van der Waals surface area contributed by atoms with Crippen LogP contribution in [0, 0.1) is 0 Å². The van der Waals surface area contributed by atoms with E-state index in [0.717, 1.165) is 16.0 Å². The fourth-order valence-corrected chi connectivity index (χ4v) is 3.22. The highest BCUT2D eigenvalue weighted by molar-refractivity contribution is 7.18. The molecular weight excluding hydrogens is 358 g/mol. The number of halogens is 1. The molecule has 0 atom stereocenters. The molecule has 0 aliphatic carbocycles. The number of phenolic OH excluding ortho intramolecular Hbond substituents is 1. The van der Waals surface area contributed by atoms with E-state index in [0.29, 0.717) is 15.6 Å². The van der Waals surface area contributed by atoms with Gasteiger partial charge in [-0.05, 0) is 53.6 Å². The van der Waals surface area contributed by atoms with Gasteiger partial charge in [-0.2, -0.15) is 5.10 Å². The van der Waals surface area contributed by atoms with Crippen molar-refractivity contribution in [3.63, 3.8) is 0 Å². The minimum Gasteiger partial charge on any atom is -0.508 e. The van der Waals surface area contributed by atoms with E-state index < -0.39 is 0 Å². The normalized spacial score (nSPS) is 10.9. The monoisotopic (exact) mass is 371 g/mol. The predicted molar refractivity (Wildman–Crippen MR) is 102 cm³/mol. The Bertz CT molecular complexity index is 918. The Morgan fingerprint density at radius 2 is 1.84 bits per heavy atom. The van der Waals surface area contributed by atoms with Gasteiger partial charge in [0.25, 0.3) is 5.91 Å². The van der Waals surface area contributed by atoms with E-state index in [1.165, 1.54) is 17.6 Å². The first kappa shape index (κ1) is 17.0. The fraction of sp³-hybridized carbons (Fsp3) is 0. The first-order valence-corrected chi connectivity index (χ1v) is 8.50. The van der Waals surface area contributed by atoms with Crippen LogP contribution in [0.25, 0.3) is 10.4 Å². The first-order chi connectivity index (χ1) is 12.0. The number of nitrogens with zero attached hydrogens (tertiary/aromatic N) is 1. The average Bonchev–Trinajstić information content (AvgIpc) is 2.99. The minimum atomic E-state index is -0.377. The minimum absolute atomic E-state index is 0.169. The number of phenols is 1. The topological polar surface area (TPSA) is 87.7 Å². The molecule has 0 spiro atoms. The maximum absolute atomic E-state index is 12.3. The van der Waals surface area contributed by atoms with Gasteiger partial charge in [0.15, 0.2) is 0 Å². The molecule has 0 saturated heterocycles. The third-order valence-electron chi connectivity index (χ3n) is 3.37. The smallest absolute Gasteiger partial charge is 0.283 e. The summed E-state index contributed by atoms with van der Waals surface area (Å²) in [7, 11) is 0. The fourth-order valence-electron chi connectivity index (χ4n) is 2.12. The molecule has 3 aromatic rings. The van der Waals surface area contributed by atoms with Crippen LogP contribution in [-0.4, -0.2) is 17.2 Å². The lowest BCUT2D eigenvalue weighted by Crippen LogP contribution is -2.17. The summed E-state index contributed by atoms with van der Waals surface area (Å²) in [5.74, 6) is -0.208. The van der Waals surface area contributed by atoms with Crippen LogP contribution in [0.15, 0.2) is 59.7 Å². The molecule has 0 bridgehead atoms. The van der Waals surface area contributed by atoms with E-state index in [1.54, 1.807) is 42.5 Å². The number of hydrogen-bond donors (Lipinski definition) is 3. The van der Waals surface area contributed by atoms with Gasteiger partial charge < -0.3 is 10.8 Å². The van der Waals surface area contributed by atoms with Gasteiger partial charge in [0.2, 0.25) is 0 Å². The molecule has 2 aromatic carbocycles. The number of nitrogens with one attached hydrogen (secondary N) is 1. The highest BCUT2D eigenvalue weighted by atomic mass is 35.5. The molecule has 0 saturated carbocycles. The number of aromatic hydroxyl groups is 1. The molecule has 1 heterocycles. The second kappa shape index (κ2) is 7.38. The maximum Gasteiger partial charge on any atom is 0.283 e. The van der Waals surface area contributed by atoms with Gasteiger partial charge in [-0.15, -0.1) is 11.3 Å². The number of rotatable bonds is 4. The molecule has 1 aromatic heterocycles. The van der Waals surface area contributed by atoms with Crippen molar-refractivity contribution in [2.24, 2.45) is 5.10 Å². The SMILES string of the molecule is Nc1cc(-c2ccc(Cl)cc2)sc1C(=O)N/N=C/c1ccc(O)cc1. The number of benzene rings is 2. The van der Waals surface area contributed by atoms with Gasteiger partial charge in [0.05, 0.1) is 11.9 Å². The van der Waals surface area contributed by atoms with Crippen molar-refractivity contribution in [3.05, 3.63) is 70.1 Å². The summed E-state index contributed by atoms with van der Waals surface area (Å²) < 4.78 is 0. The number of thiophene rings is 1. The van der Waals surface area contributed by atoms with Crippen LogP contribution in [0.1, 0.15) is 15.2 Å². The zero-order valence-electron chi connectivity index (χ0n) is 12.9. The van der Waals surface area contributed by atoms with Gasteiger partial charge in [-0.25, -0.2) is 5.43 Å². The van der Waals surface area contributed by atoms with E-state index >= 15 is 0 Å². The number of anilines is 1. The number of nitrogens with two attached hydrogens (primary N) is 1. The van der Waals surface area contributed by atoms with Crippen molar-refractivity contribution in [2.75, 3.05) is 5.73 Å². The molecule has 126 valence electrons. The van der Waals surface area contributed by atoms with Crippen LogP contribution >= 0.6 is 22.9 Å². The van der Waals surface area contributed by atoms with E-state index in [1.807, 2.05) is 12.1 Å². The number of hydrazone groups is 1. The summed E-state index contributed by atoms with van der Waals surface area (Å²) in [6.07, 6.45) is 1.49. The third-order valence-corrected chi connectivity index (χ3v) is 4.82. The molecule has 7 heteroatoms. The van der Waals surface area contributed by atoms with Crippen molar-refractivity contribution in [1.82, 2.24) is 5.43 Å². The molecule has 5 nitrogen and oxygen atoms in total. The number of carbonyl (C=O) groups is 1. The molecule has 3 rings (SSSR count). The highest BCUT2D eigenvalue weighted by Gasteiger charge is 2.14. The Kier molecular flexibility index (Phi) is 5.02. The number of amides is 1. The quantitative estimate of drug-likeness (QED) is 0.476. The number of nitrogen functional groups attached to an aromatic ring is 1. The second-order valence-electron chi connectivity index (χ2n) is 5.19. The van der Waals surface area contributed by atoms with Crippen LogP contribution in [0.3, 0.4) is 0 Å².